The molecule has 1 N–H and O–H groups in total. The zero-order chi connectivity index (χ0) is 29.9. The van der Waals surface area contributed by atoms with Crippen molar-refractivity contribution in [2.24, 2.45) is 0 Å². The van der Waals surface area contributed by atoms with E-state index in [-0.39, 0.29) is 11.3 Å². The van der Waals surface area contributed by atoms with E-state index in [0.29, 0.717) is 74.4 Å². The summed E-state index contributed by atoms with van der Waals surface area (Å²) in [6.45, 7) is 11.8. The Morgan fingerprint density at radius 1 is 0.881 bits per heavy atom. The standard InChI is InChI=1S/C33H44N2O7/c1-4-7-20-42-27-14-11-25(23-28(27)40-6-3)30-29(31(36)24-9-12-26(13-10-24)41-19-5-2)32(37)33(38)35(30)16-8-15-34-17-21-39-22-18-34/h9-14,23,30,36H,4-8,15-22H2,1-3H3. The van der Waals surface area contributed by atoms with Crippen LogP contribution >= 0.6 is 0 Å². The minimum absolute atomic E-state index is 0.0655. The lowest BCUT2D eigenvalue weighted by atomic mass is 9.95. The van der Waals surface area contributed by atoms with Gasteiger partial charge in [0.25, 0.3) is 11.7 Å². The van der Waals surface area contributed by atoms with Gasteiger partial charge in [-0.05, 0) is 68.1 Å². The number of ether oxygens (including phenoxy) is 4. The lowest BCUT2D eigenvalue weighted by molar-refractivity contribution is -0.140. The third-order valence-electron chi connectivity index (χ3n) is 7.46. The van der Waals surface area contributed by atoms with E-state index in [1.807, 2.05) is 32.0 Å². The molecule has 0 bridgehead atoms. The number of ketones is 1. The van der Waals surface area contributed by atoms with Crippen LogP contribution in [-0.4, -0.2) is 85.8 Å². The second-order valence-electron chi connectivity index (χ2n) is 10.5. The number of rotatable bonds is 15. The molecule has 1 atom stereocenters. The average Bonchev–Trinajstić information content (AvgIpc) is 3.26. The molecule has 1 amide bonds. The third kappa shape index (κ3) is 7.63. The molecule has 1 unspecified atom stereocenters. The fourth-order valence-corrected chi connectivity index (χ4v) is 5.24. The summed E-state index contributed by atoms with van der Waals surface area (Å²) in [5.74, 6) is 0.304. The van der Waals surface area contributed by atoms with Gasteiger partial charge >= 0.3 is 0 Å². The summed E-state index contributed by atoms with van der Waals surface area (Å²) in [4.78, 5) is 30.9. The molecule has 2 heterocycles. The Bertz CT molecular complexity index is 1220. The normalized spacial score (nSPS) is 18.8. The molecule has 0 radical (unpaired) electrons. The Morgan fingerprint density at radius 3 is 2.33 bits per heavy atom. The number of carbonyl (C=O) groups excluding carboxylic acids is 2. The molecule has 2 aliphatic rings. The van der Waals surface area contributed by atoms with Gasteiger partial charge in [-0.2, -0.15) is 0 Å². The maximum atomic E-state index is 13.5. The number of unbranched alkanes of at least 4 members (excludes halogenated alkanes) is 1. The average molecular weight is 581 g/mol. The molecule has 4 rings (SSSR count). The van der Waals surface area contributed by atoms with Gasteiger partial charge in [0.2, 0.25) is 0 Å². The Labute approximate surface area is 249 Å². The van der Waals surface area contributed by atoms with Crippen LogP contribution in [0.1, 0.15) is 63.6 Å². The molecular weight excluding hydrogens is 536 g/mol. The van der Waals surface area contributed by atoms with Gasteiger partial charge in [0, 0.05) is 31.7 Å². The molecule has 9 nitrogen and oxygen atoms in total. The quantitative estimate of drug-likeness (QED) is 0.133. The molecule has 2 saturated heterocycles. The Hall–Kier alpha value is -3.56. The van der Waals surface area contributed by atoms with E-state index in [9.17, 15) is 14.7 Å². The number of nitrogens with zero attached hydrogens (tertiary/aromatic N) is 2. The van der Waals surface area contributed by atoms with E-state index in [1.165, 1.54) is 0 Å². The van der Waals surface area contributed by atoms with Crippen molar-refractivity contribution in [2.45, 2.75) is 52.5 Å². The summed E-state index contributed by atoms with van der Waals surface area (Å²) in [6.07, 6.45) is 3.48. The first-order chi connectivity index (χ1) is 20.5. The van der Waals surface area contributed by atoms with Crippen LogP contribution in [-0.2, 0) is 14.3 Å². The number of aliphatic hydroxyl groups excluding tert-OH is 1. The van der Waals surface area contributed by atoms with Gasteiger partial charge in [0.15, 0.2) is 11.5 Å². The van der Waals surface area contributed by atoms with E-state index in [2.05, 4.69) is 11.8 Å². The second kappa shape index (κ2) is 15.6. The highest BCUT2D eigenvalue weighted by Gasteiger charge is 2.46. The zero-order valence-electron chi connectivity index (χ0n) is 25.1. The minimum Gasteiger partial charge on any atom is -0.507 e. The van der Waals surface area contributed by atoms with Crippen LogP contribution in [0.5, 0.6) is 17.2 Å². The van der Waals surface area contributed by atoms with Crippen molar-refractivity contribution in [3.05, 3.63) is 59.2 Å². The maximum absolute atomic E-state index is 13.5. The molecule has 2 fully saturated rings. The summed E-state index contributed by atoms with van der Waals surface area (Å²) < 4.78 is 23.0. The van der Waals surface area contributed by atoms with Gasteiger partial charge in [-0.1, -0.05) is 26.3 Å². The van der Waals surface area contributed by atoms with Gasteiger partial charge in [-0.15, -0.1) is 0 Å². The van der Waals surface area contributed by atoms with E-state index in [0.717, 1.165) is 38.9 Å². The van der Waals surface area contributed by atoms with E-state index in [4.69, 9.17) is 18.9 Å². The van der Waals surface area contributed by atoms with Gasteiger partial charge in [-0.3, -0.25) is 14.5 Å². The first kappa shape index (κ1) is 31.4. The highest BCUT2D eigenvalue weighted by atomic mass is 16.5. The number of amides is 1. The van der Waals surface area contributed by atoms with Crippen molar-refractivity contribution >= 4 is 17.4 Å². The predicted octanol–water partition coefficient (Wildman–Crippen LogP) is 5.20. The topological polar surface area (TPSA) is 97.8 Å². The van der Waals surface area contributed by atoms with Gasteiger partial charge < -0.3 is 29.0 Å². The van der Waals surface area contributed by atoms with Crippen molar-refractivity contribution < 1.29 is 33.6 Å². The molecule has 0 aliphatic carbocycles. The number of morpholine rings is 1. The Balaban J connectivity index is 1.69. The van der Waals surface area contributed by atoms with E-state index in [1.54, 1.807) is 29.2 Å². The van der Waals surface area contributed by atoms with Gasteiger partial charge in [0.1, 0.15) is 11.5 Å². The highest BCUT2D eigenvalue weighted by Crippen LogP contribution is 2.42. The molecule has 2 aromatic rings. The Morgan fingerprint density at radius 2 is 1.64 bits per heavy atom. The number of hydrogen-bond acceptors (Lipinski definition) is 8. The zero-order valence-corrected chi connectivity index (χ0v) is 25.1. The van der Waals surface area contributed by atoms with Crippen molar-refractivity contribution in [3.63, 3.8) is 0 Å². The fraction of sp³-hybridized carbons (Fsp3) is 0.515. The SMILES string of the molecule is CCCCOc1ccc(C2C(=C(O)c3ccc(OCCC)cc3)C(=O)C(=O)N2CCCN2CCOCC2)cc1OCC. The molecule has 2 aliphatic heterocycles. The molecule has 9 heteroatoms. The van der Waals surface area contributed by atoms with E-state index >= 15 is 0 Å². The van der Waals surface area contributed by atoms with Crippen molar-refractivity contribution in [1.29, 1.82) is 0 Å². The van der Waals surface area contributed by atoms with E-state index < -0.39 is 17.7 Å². The highest BCUT2D eigenvalue weighted by molar-refractivity contribution is 6.46. The van der Waals surface area contributed by atoms with Crippen molar-refractivity contribution in [3.8, 4) is 17.2 Å². The molecule has 0 spiro atoms. The third-order valence-corrected chi connectivity index (χ3v) is 7.46. The van der Waals surface area contributed by atoms with Crippen LogP contribution < -0.4 is 14.2 Å². The lowest BCUT2D eigenvalue weighted by Crippen LogP contribution is -2.39. The number of carbonyl (C=O) groups is 2. The van der Waals surface area contributed by atoms with Crippen LogP contribution in [0.2, 0.25) is 0 Å². The van der Waals surface area contributed by atoms with Crippen molar-refractivity contribution in [2.75, 3.05) is 59.2 Å². The summed E-state index contributed by atoms with van der Waals surface area (Å²) in [7, 11) is 0. The Kier molecular flexibility index (Phi) is 11.7. The molecule has 2 aromatic carbocycles. The molecule has 0 aromatic heterocycles. The summed E-state index contributed by atoms with van der Waals surface area (Å²) in [5.41, 5.74) is 1.19. The molecule has 228 valence electrons. The summed E-state index contributed by atoms with van der Waals surface area (Å²) in [5, 5.41) is 11.5. The number of aliphatic hydroxyl groups is 1. The van der Waals surface area contributed by atoms with Crippen LogP contribution in [0.4, 0.5) is 0 Å². The maximum Gasteiger partial charge on any atom is 0.295 e. The summed E-state index contributed by atoms with van der Waals surface area (Å²) in [6, 6.07) is 11.7. The predicted molar refractivity (Wildman–Crippen MR) is 161 cm³/mol. The number of likely N-dealkylation sites (tertiary alicyclic amines) is 1. The largest absolute Gasteiger partial charge is 0.507 e. The van der Waals surface area contributed by atoms with Crippen LogP contribution in [0.15, 0.2) is 48.0 Å². The first-order valence-corrected chi connectivity index (χ1v) is 15.2. The molecular formula is C33H44N2O7. The minimum atomic E-state index is -0.769. The molecule has 42 heavy (non-hydrogen) atoms. The second-order valence-corrected chi connectivity index (χ2v) is 10.5. The summed E-state index contributed by atoms with van der Waals surface area (Å²) >= 11 is 0. The van der Waals surface area contributed by atoms with Crippen LogP contribution in [0.25, 0.3) is 5.76 Å². The van der Waals surface area contributed by atoms with Gasteiger partial charge in [-0.25, -0.2) is 0 Å². The van der Waals surface area contributed by atoms with Crippen LogP contribution in [0.3, 0.4) is 0 Å². The lowest BCUT2D eigenvalue weighted by Gasteiger charge is -2.29. The molecule has 0 saturated carbocycles. The number of benzene rings is 2. The number of Topliss-reactive ketones (excluding diaryl/α,β-unsaturated/α-hetero) is 1. The van der Waals surface area contributed by atoms with Crippen molar-refractivity contribution in [1.82, 2.24) is 9.80 Å². The van der Waals surface area contributed by atoms with Gasteiger partial charge in [0.05, 0.1) is 44.6 Å². The number of hydrogen-bond donors (Lipinski definition) is 1. The van der Waals surface area contributed by atoms with Crippen LogP contribution in [0, 0.1) is 0 Å². The fourth-order valence-electron chi connectivity index (χ4n) is 5.24. The monoisotopic (exact) mass is 580 g/mol. The first-order valence-electron chi connectivity index (χ1n) is 15.2. The smallest absolute Gasteiger partial charge is 0.295 e.